The summed E-state index contributed by atoms with van der Waals surface area (Å²) < 4.78 is 11.1. The molecule has 0 radical (unpaired) electrons. The Labute approximate surface area is 213 Å². The van der Waals surface area contributed by atoms with Gasteiger partial charge in [-0.05, 0) is 12.8 Å². The molecule has 0 aromatic heterocycles. The van der Waals surface area contributed by atoms with Crippen LogP contribution in [0.4, 0.5) is 4.79 Å². The molecule has 1 unspecified atom stereocenters. The highest BCUT2D eigenvalue weighted by Gasteiger charge is 2.49. The van der Waals surface area contributed by atoms with Crippen molar-refractivity contribution in [3.05, 3.63) is 4.91 Å². The van der Waals surface area contributed by atoms with Crippen molar-refractivity contribution in [3.8, 4) is 0 Å². The van der Waals surface area contributed by atoms with Crippen LogP contribution in [0.3, 0.4) is 0 Å². The summed E-state index contributed by atoms with van der Waals surface area (Å²) in [5.41, 5.74) is 0. The van der Waals surface area contributed by atoms with Gasteiger partial charge in [-0.15, -0.1) is 16.5 Å². The molecule has 0 aromatic carbocycles. The molecular weight excluding hydrogens is 482 g/mol. The molecule has 11 nitrogen and oxygen atoms in total. The molecule has 0 spiro atoms. The van der Waals surface area contributed by atoms with E-state index in [0.29, 0.717) is 17.9 Å². The minimum Gasteiger partial charge on any atom is -0.387 e. The number of hydrogen-bond donors (Lipinski definition) is 4. The molecule has 1 heterocycles. The zero-order valence-electron chi connectivity index (χ0n) is 21.0. The number of carbonyl (C=O) groups is 1. The first-order valence-electron chi connectivity index (χ1n) is 12.8. The Morgan fingerprint density at radius 3 is 2.11 bits per heavy atom. The van der Waals surface area contributed by atoms with Gasteiger partial charge in [-0.2, -0.15) is 5.01 Å². The second-order valence-electron chi connectivity index (χ2n) is 8.92. The van der Waals surface area contributed by atoms with Crippen LogP contribution in [0.15, 0.2) is 5.29 Å². The minimum absolute atomic E-state index is 0.0417. The van der Waals surface area contributed by atoms with Crippen molar-refractivity contribution in [3.63, 3.8) is 0 Å². The van der Waals surface area contributed by atoms with E-state index in [9.17, 15) is 30.1 Å². The summed E-state index contributed by atoms with van der Waals surface area (Å²) in [7, 11) is 0. The number of aliphatic hydroxyl groups is 4. The number of halogens is 1. The molecule has 6 atom stereocenters. The van der Waals surface area contributed by atoms with E-state index in [0.717, 1.165) is 37.0 Å². The van der Waals surface area contributed by atoms with Crippen molar-refractivity contribution in [2.45, 2.75) is 115 Å². The first-order valence-corrected chi connectivity index (χ1v) is 13.3. The fourth-order valence-electron chi connectivity index (χ4n) is 3.94. The van der Waals surface area contributed by atoms with Gasteiger partial charge in [-0.1, -0.05) is 65.2 Å². The Balaban J connectivity index is 2.89. The predicted octanol–water partition coefficient (Wildman–Crippen LogP) is 2.71. The molecule has 1 saturated heterocycles. The Bertz CT molecular complexity index is 591. The molecule has 1 fully saturated rings. The largest absolute Gasteiger partial charge is 0.387 e. The summed E-state index contributed by atoms with van der Waals surface area (Å²) in [5.74, 6) is -0.0417. The summed E-state index contributed by atoms with van der Waals surface area (Å²) in [6, 6.07) is -0.893. The number of alkyl halides is 1. The van der Waals surface area contributed by atoms with Crippen LogP contribution in [-0.4, -0.2) is 98.9 Å². The summed E-state index contributed by atoms with van der Waals surface area (Å²) in [5, 5.41) is 45.4. The molecular formula is C23H44ClN3O8. The lowest BCUT2D eigenvalue weighted by molar-refractivity contribution is -0.318. The molecule has 0 aromatic rings. The Morgan fingerprint density at radius 2 is 1.54 bits per heavy atom. The maximum Gasteiger partial charge on any atom is 0.345 e. The zero-order valence-corrected chi connectivity index (χ0v) is 21.8. The summed E-state index contributed by atoms with van der Waals surface area (Å²) >= 11 is 5.67. The lowest BCUT2D eigenvalue weighted by atomic mass is 9.97. The van der Waals surface area contributed by atoms with Gasteiger partial charge >= 0.3 is 6.03 Å². The van der Waals surface area contributed by atoms with Crippen LogP contribution >= 0.6 is 11.6 Å². The van der Waals surface area contributed by atoms with Gasteiger partial charge in [-0.25, -0.2) is 4.79 Å². The first kappa shape index (κ1) is 31.9. The smallest absolute Gasteiger partial charge is 0.345 e. The van der Waals surface area contributed by atoms with E-state index in [-0.39, 0.29) is 25.6 Å². The number of hydrogen-bond acceptors (Lipinski definition) is 9. The van der Waals surface area contributed by atoms with Crippen LogP contribution in [0, 0.1) is 4.91 Å². The highest BCUT2D eigenvalue weighted by molar-refractivity contribution is 6.18. The van der Waals surface area contributed by atoms with Crippen LogP contribution in [-0.2, 0) is 9.47 Å². The standard InChI is InChI=1S/C23H44ClN3O8/c1-3-5-7-8-9-10-11-12-14-26(23(32)27(25-33)15-13-24)21(31)20-18(29)17(28)19(30)22(35-20)34-16-6-4-2/h17-22,28-31H,3-16H2,1-2H3/t17-,18-,19+,20-,21?,22-/m0/s1. The quantitative estimate of drug-likeness (QED) is 0.0700. The lowest BCUT2D eigenvalue weighted by Gasteiger charge is -2.44. The van der Waals surface area contributed by atoms with Gasteiger partial charge in [0.15, 0.2) is 12.5 Å². The first-order chi connectivity index (χ1) is 16.8. The van der Waals surface area contributed by atoms with Crippen LogP contribution in [0.1, 0.15) is 78.1 Å². The van der Waals surface area contributed by atoms with Crippen molar-refractivity contribution in [2.24, 2.45) is 5.29 Å². The molecule has 1 aliphatic rings. The van der Waals surface area contributed by atoms with Gasteiger partial charge in [-0.3, -0.25) is 4.90 Å². The maximum atomic E-state index is 13.0. The number of unbranched alkanes of at least 4 members (excludes halogenated alkanes) is 8. The topological polar surface area (TPSA) is 152 Å². The zero-order chi connectivity index (χ0) is 26.2. The maximum absolute atomic E-state index is 13.0. The number of rotatable bonds is 18. The third-order valence-electron chi connectivity index (χ3n) is 6.11. The normalized spacial score (nSPS) is 25.3. The third kappa shape index (κ3) is 10.4. The number of ether oxygens (including phenoxy) is 2. The summed E-state index contributed by atoms with van der Waals surface area (Å²) in [6.45, 7) is 4.25. The van der Waals surface area contributed by atoms with E-state index >= 15 is 0 Å². The molecule has 1 aliphatic heterocycles. The number of nitrogens with zero attached hydrogens (tertiary/aromatic N) is 3. The second kappa shape index (κ2) is 18.2. The molecule has 0 aliphatic carbocycles. The number of carbonyl (C=O) groups excluding carboxylic acids is 1. The van der Waals surface area contributed by atoms with E-state index in [1.165, 1.54) is 19.3 Å². The monoisotopic (exact) mass is 525 g/mol. The third-order valence-corrected chi connectivity index (χ3v) is 6.28. The Morgan fingerprint density at radius 1 is 0.943 bits per heavy atom. The summed E-state index contributed by atoms with van der Waals surface area (Å²) in [4.78, 5) is 25.2. The van der Waals surface area contributed by atoms with E-state index in [4.69, 9.17) is 21.1 Å². The fraction of sp³-hybridized carbons (Fsp3) is 0.957. The van der Waals surface area contributed by atoms with E-state index < -0.39 is 43.0 Å². The average molecular weight is 526 g/mol. The highest BCUT2D eigenvalue weighted by atomic mass is 35.5. The van der Waals surface area contributed by atoms with Crippen LogP contribution in [0.2, 0.25) is 0 Å². The number of amides is 2. The molecule has 206 valence electrons. The number of urea groups is 1. The van der Waals surface area contributed by atoms with Gasteiger partial charge in [0.25, 0.3) is 0 Å². The second-order valence-corrected chi connectivity index (χ2v) is 9.30. The lowest BCUT2D eigenvalue weighted by Crippen LogP contribution is -2.65. The fourth-order valence-corrected chi connectivity index (χ4v) is 4.10. The number of aliphatic hydroxyl groups excluding tert-OH is 4. The van der Waals surface area contributed by atoms with Crippen molar-refractivity contribution in [2.75, 3.05) is 25.6 Å². The Hall–Kier alpha value is -1.08. The average Bonchev–Trinajstić information content (AvgIpc) is 2.85. The van der Waals surface area contributed by atoms with Crippen LogP contribution < -0.4 is 0 Å². The molecule has 0 bridgehead atoms. The van der Waals surface area contributed by atoms with Crippen molar-refractivity contribution in [1.82, 2.24) is 9.91 Å². The molecule has 2 amide bonds. The van der Waals surface area contributed by atoms with Crippen LogP contribution in [0.5, 0.6) is 0 Å². The number of nitroso groups, excluding NO2 is 1. The molecule has 4 N–H and O–H groups in total. The highest BCUT2D eigenvalue weighted by Crippen LogP contribution is 2.26. The molecule has 12 heteroatoms. The SMILES string of the molecule is CCCCCCCCCCN(C(=O)N(CCCl)N=O)C(O)[C@H]1O[C@H](OCCCC)[C@H](O)[C@@H](O)[C@@H]1O. The molecule has 0 saturated carbocycles. The van der Waals surface area contributed by atoms with E-state index in [2.05, 4.69) is 12.2 Å². The van der Waals surface area contributed by atoms with E-state index in [1.54, 1.807) is 0 Å². The minimum atomic E-state index is -1.74. The van der Waals surface area contributed by atoms with Gasteiger partial charge < -0.3 is 29.9 Å². The predicted molar refractivity (Wildman–Crippen MR) is 131 cm³/mol. The van der Waals surface area contributed by atoms with Gasteiger partial charge in [0.2, 0.25) is 0 Å². The Kier molecular flexibility index (Phi) is 16.6. The van der Waals surface area contributed by atoms with Crippen LogP contribution in [0.25, 0.3) is 0 Å². The van der Waals surface area contributed by atoms with Crippen molar-refractivity contribution < 1.29 is 34.7 Å². The van der Waals surface area contributed by atoms with Crippen molar-refractivity contribution >= 4 is 17.6 Å². The van der Waals surface area contributed by atoms with Crippen molar-refractivity contribution in [1.29, 1.82) is 0 Å². The van der Waals surface area contributed by atoms with Gasteiger partial charge in [0, 0.05) is 19.0 Å². The summed E-state index contributed by atoms with van der Waals surface area (Å²) in [6.07, 6.45) is 0.137. The molecule has 1 rings (SSSR count). The van der Waals surface area contributed by atoms with Gasteiger partial charge in [0.1, 0.15) is 24.4 Å². The van der Waals surface area contributed by atoms with Gasteiger partial charge in [0.05, 0.1) is 11.8 Å². The molecule has 35 heavy (non-hydrogen) atoms. The van der Waals surface area contributed by atoms with E-state index in [1.807, 2.05) is 6.92 Å².